The van der Waals surface area contributed by atoms with Gasteiger partial charge in [-0.25, -0.2) is 9.59 Å². The van der Waals surface area contributed by atoms with Gasteiger partial charge in [0.2, 0.25) is 16.9 Å². The zero-order valence-electron chi connectivity index (χ0n) is 6.55. The van der Waals surface area contributed by atoms with Crippen LogP contribution in [0.15, 0.2) is 15.3 Å². The quantitative estimate of drug-likeness (QED) is 0.600. The van der Waals surface area contributed by atoms with Crippen LogP contribution in [0.3, 0.4) is 0 Å². The maximum atomic E-state index is 10.8. The van der Waals surface area contributed by atoms with Gasteiger partial charge in [-0.15, -0.1) is 0 Å². The minimum absolute atomic E-state index is 0.490. The van der Waals surface area contributed by atoms with Crippen molar-refractivity contribution in [2.45, 2.75) is 0 Å². The summed E-state index contributed by atoms with van der Waals surface area (Å²) in [7, 11) is 0. The van der Waals surface area contributed by atoms with Gasteiger partial charge in [-0.05, 0) is 0 Å². The Hall–Kier alpha value is -2.31. The lowest BCUT2D eigenvalue weighted by molar-refractivity contribution is 0.0618. The third-order valence-corrected chi connectivity index (χ3v) is 1.33. The van der Waals surface area contributed by atoms with E-state index in [1.165, 1.54) is 0 Å². The standard InChI is InChI=1S/C7H4O7/c8-2-1-3(6(10)11)14-5(4(2)9)7(12)13/h1,9H,(H,10,11)(H,12,13). The molecule has 0 unspecified atom stereocenters. The molecule has 0 aromatic carbocycles. The van der Waals surface area contributed by atoms with Crippen molar-refractivity contribution in [3.05, 3.63) is 27.8 Å². The molecule has 0 aliphatic rings. The van der Waals surface area contributed by atoms with E-state index in [9.17, 15) is 14.4 Å². The summed E-state index contributed by atoms with van der Waals surface area (Å²) in [5.74, 6) is -6.37. The highest BCUT2D eigenvalue weighted by Gasteiger charge is 2.20. The molecule has 0 saturated carbocycles. The van der Waals surface area contributed by atoms with Crippen molar-refractivity contribution in [1.29, 1.82) is 0 Å². The Morgan fingerprint density at radius 1 is 1.21 bits per heavy atom. The lowest BCUT2D eigenvalue weighted by Crippen LogP contribution is -2.11. The first-order valence-electron chi connectivity index (χ1n) is 3.27. The Balaban J connectivity index is 3.51. The van der Waals surface area contributed by atoms with Crippen molar-refractivity contribution >= 4 is 11.9 Å². The first-order chi connectivity index (χ1) is 6.43. The molecule has 0 atom stereocenters. The maximum absolute atomic E-state index is 10.8. The Kier molecular flexibility index (Phi) is 2.24. The van der Waals surface area contributed by atoms with Gasteiger partial charge >= 0.3 is 11.9 Å². The van der Waals surface area contributed by atoms with Gasteiger partial charge < -0.3 is 19.7 Å². The summed E-state index contributed by atoms with van der Waals surface area (Å²) < 4.78 is 4.26. The molecule has 74 valence electrons. The molecule has 1 aromatic rings. The minimum atomic E-state index is -1.72. The lowest BCUT2D eigenvalue weighted by Gasteiger charge is -1.98. The van der Waals surface area contributed by atoms with Crippen LogP contribution < -0.4 is 5.43 Å². The summed E-state index contributed by atoms with van der Waals surface area (Å²) >= 11 is 0. The normalized spacial score (nSPS) is 9.71. The van der Waals surface area contributed by atoms with E-state index in [0.29, 0.717) is 6.07 Å². The molecular weight excluding hydrogens is 196 g/mol. The van der Waals surface area contributed by atoms with E-state index in [1.807, 2.05) is 0 Å². The van der Waals surface area contributed by atoms with Gasteiger partial charge in [0.05, 0.1) is 0 Å². The van der Waals surface area contributed by atoms with Crippen molar-refractivity contribution in [2.75, 3.05) is 0 Å². The summed E-state index contributed by atoms with van der Waals surface area (Å²) in [5.41, 5.74) is -1.12. The number of carboxylic acids is 2. The van der Waals surface area contributed by atoms with Crippen LogP contribution in [0.1, 0.15) is 21.1 Å². The second-order valence-electron chi connectivity index (χ2n) is 2.26. The SMILES string of the molecule is O=C(O)c1cc(=O)c(O)c(C(=O)O)o1. The fourth-order valence-corrected chi connectivity index (χ4v) is 0.737. The number of carbonyl (C=O) groups is 2. The van der Waals surface area contributed by atoms with Crippen LogP contribution in [0.2, 0.25) is 0 Å². The van der Waals surface area contributed by atoms with E-state index >= 15 is 0 Å². The average Bonchev–Trinajstić information content (AvgIpc) is 2.08. The summed E-state index contributed by atoms with van der Waals surface area (Å²) in [4.78, 5) is 31.5. The molecule has 1 aromatic heterocycles. The smallest absolute Gasteiger partial charge is 0.375 e. The lowest BCUT2D eigenvalue weighted by atomic mass is 10.3. The topological polar surface area (TPSA) is 125 Å². The van der Waals surface area contributed by atoms with Crippen LogP contribution >= 0.6 is 0 Å². The van der Waals surface area contributed by atoms with Crippen molar-refractivity contribution in [3.8, 4) is 5.75 Å². The first-order valence-corrected chi connectivity index (χ1v) is 3.27. The van der Waals surface area contributed by atoms with Crippen LogP contribution in [-0.2, 0) is 0 Å². The van der Waals surface area contributed by atoms with E-state index in [2.05, 4.69) is 4.42 Å². The molecule has 0 spiro atoms. The predicted molar refractivity (Wildman–Crippen MR) is 40.6 cm³/mol. The second-order valence-corrected chi connectivity index (χ2v) is 2.26. The van der Waals surface area contributed by atoms with Gasteiger partial charge in [0, 0.05) is 6.07 Å². The zero-order chi connectivity index (χ0) is 10.9. The number of aromatic carboxylic acids is 2. The number of carboxylic acid groups (broad SMARTS) is 2. The van der Waals surface area contributed by atoms with Crippen molar-refractivity contribution in [3.63, 3.8) is 0 Å². The van der Waals surface area contributed by atoms with Gasteiger partial charge in [0.15, 0.2) is 0 Å². The average molecular weight is 200 g/mol. The highest BCUT2D eigenvalue weighted by atomic mass is 16.4. The Bertz CT molecular complexity index is 456. The molecule has 0 radical (unpaired) electrons. The highest BCUT2D eigenvalue weighted by Crippen LogP contribution is 2.13. The molecule has 7 nitrogen and oxygen atoms in total. The van der Waals surface area contributed by atoms with Crippen molar-refractivity contribution in [2.24, 2.45) is 0 Å². The van der Waals surface area contributed by atoms with E-state index in [0.717, 1.165) is 0 Å². The second kappa shape index (κ2) is 3.21. The van der Waals surface area contributed by atoms with Crippen LogP contribution in [0.25, 0.3) is 0 Å². The van der Waals surface area contributed by atoms with Crippen LogP contribution in [0.4, 0.5) is 0 Å². The molecule has 0 bridgehead atoms. The maximum Gasteiger partial charge on any atom is 0.375 e. The van der Waals surface area contributed by atoms with Crippen molar-refractivity contribution in [1.82, 2.24) is 0 Å². The van der Waals surface area contributed by atoms with Gasteiger partial charge in [-0.2, -0.15) is 0 Å². The van der Waals surface area contributed by atoms with E-state index < -0.39 is 34.6 Å². The molecule has 14 heavy (non-hydrogen) atoms. The predicted octanol–water partition coefficient (Wildman–Crippen LogP) is -0.258. The Morgan fingerprint density at radius 3 is 2.21 bits per heavy atom. The molecule has 1 rings (SSSR count). The van der Waals surface area contributed by atoms with Gasteiger partial charge in [-0.3, -0.25) is 4.79 Å². The summed E-state index contributed by atoms with van der Waals surface area (Å²) in [6.07, 6.45) is 0. The van der Waals surface area contributed by atoms with E-state index in [4.69, 9.17) is 15.3 Å². The highest BCUT2D eigenvalue weighted by molar-refractivity contribution is 5.89. The van der Waals surface area contributed by atoms with Crippen LogP contribution in [-0.4, -0.2) is 27.3 Å². The number of rotatable bonds is 2. The largest absolute Gasteiger partial charge is 0.501 e. The minimum Gasteiger partial charge on any atom is -0.501 e. The number of aromatic hydroxyl groups is 1. The van der Waals surface area contributed by atoms with Crippen LogP contribution in [0, 0.1) is 0 Å². The zero-order valence-corrected chi connectivity index (χ0v) is 6.55. The molecular formula is C7H4O7. The molecule has 0 aliphatic heterocycles. The molecule has 0 amide bonds. The molecule has 0 fully saturated rings. The Morgan fingerprint density at radius 2 is 1.79 bits per heavy atom. The summed E-state index contributed by atoms with van der Waals surface area (Å²) in [5, 5.41) is 25.7. The van der Waals surface area contributed by atoms with Crippen LogP contribution in [0.5, 0.6) is 5.75 Å². The molecule has 0 aliphatic carbocycles. The Labute approximate surface area is 75.8 Å². The third-order valence-electron chi connectivity index (χ3n) is 1.33. The monoisotopic (exact) mass is 200 g/mol. The van der Waals surface area contributed by atoms with Crippen molar-refractivity contribution < 1.29 is 29.3 Å². The molecule has 3 N–H and O–H groups in total. The molecule has 0 saturated heterocycles. The molecule has 1 heterocycles. The van der Waals surface area contributed by atoms with Gasteiger partial charge in [-0.1, -0.05) is 0 Å². The fourth-order valence-electron chi connectivity index (χ4n) is 0.737. The summed E-state index contributed by atoms with van der Waals surface area (Å²) in [6.45, 7) is 0. The fraction of sp³-hybridized carbons (Fsp3) is 0. The van der Waals surface area contributed by atoms with Gasteiger partial charge in [0.1, 0.15) is 0 Å². The van der Waals surface area contributed by atoms with Gasteiger partial charge in [0.25, 0.3) is 5.76 Å². The van der Waals surface area contributed by atoms with E-state index in [-0.39, 0.29) is 0 Å². The number of hydrogen-bond donors (Lipinski definition) is 3. The number of hydrogen-bond acceptors (Lipinski definition) is 5. The third kappa shape index (κ3) is 1.56. The van der Waals surface area contributed by atoms with E-state index in [1.54, 1.807) is 0 Å². The molecule has 7 heteroatoms. The summed E-state index contributed by atoms with van der Waals surface area (Å²) in [6, 6.07) is 0.490. The first kappa shape index (κ1) is 9.78.